The molecule has 0 aliphatic rings. The highest BCUT2D eigenvalue weighted by atomic mass is 32.1. The second-order valence-electron chi connectivity index (χ2n) is 7.11. The van der Waals surface area contributed by atoms with Crippen LogP contribution >= 0.6 is 18.9 Å². The molecule has 9 heteroatoms. The van der Waals surface area contributed by atoms with E-state index >= 15 is 0 Å². The quantitative estimate of drug-likeness (QED) is 0.293. The van der Waals surface area contributed by atoms with Crippen LogP contribution < -0.4 is 15.8 Å². The first-order chi connectivity index (χ1) is 15.3. The second-order valence-corrected chi connectivity index (χ2v) is 10.3. The van der Waals surface area contributed by atoms with Gasteiger partial charge in [0.05, 0.1) is 15.9 Å². The Balaban J connectivity index is 2.37. The highest BCUT2D eigenvalue weighted by Gasteiger charge is 2.35. The maximum atomic E-state index is 13.6. The van der Waals surface area contributed by atoms with E-state index in [-0.39, 0.29) is 10.9 Å². The Bertz CT molecular complexity index is 1240. The lowest BCUT2D eigenvalue weighted by atomic mass is 10.1. The van der Waals surface area contributed by atoms with E-state index in [0.29, 0.717) is 16.0 Å². The first-order valence-electron chi connectivity index (χ1n) is 10.6. The van der Waals surface area contributed by atoms with Crippen LogP contribution in [0.1, 0.15) is 37.8 Å². The molecule has 7 nitrogen and oxygen atoms in total. The lowest BCUT2D eigenvalue weighted by molar-refractivity contribution is 0.287. The van der Waals surface area contributed by atoms with Crippen molar-refractivity contribution in [3.63, 3.8) is 0 Å². The maximum absolute atomic E-state index is 13.6. The van der Waals surface area contributed by atoms with Crippen molar-refractivity contribution < 1.29 is 18.0 Å². The summed E-state index contributed by atoms with van der Waals surface area (Å²) in [6, 6.07) is 5.50. The number of allylic oxidation sites excluding steroid dienone is 1. The van der Waals surface area contributed by atoms with E-state index in [0.717, 1.165) is 35.8 Å². The Morgan fingerprint density at radius 1 is 1.19 bits per heavy atom. The van der Waals surface area contributed by atoms with Crippen molar-refractivity contribution in [1.29, 1.82) is 0 Å². The molecule has 0 bridgehead atoms. The summed E-state index contributed by atoms with van der Waals surface area (Å²) in [4.78, 5) is 20.9. The molecule has 0 unspecified atom stereocenters. The van der Waals surface area contributed by atoms with Gasteiger partial charge in [0.25, 0.3) is 0 Å². The zero-order valence-electron chi connectivity index (χ0n) is 19.3. The zero-order chi connectivity index (χ0) is 23.5. The lowest BCUT2D eigenvalue weighted by Crippen LogP contribution is -2.23. The second kappa shape index (κ2) is 10.1. The van der Waals surface area contributed by atoms with Crippen molar-refractivity contribution in [1.82, 2.24) is 4.98 Å². The third kappa shape index (κ3) is 4.46. The van der Waals surface area contributed by atoms with Crippen molar-refractivity contribution in [2.75, 3.05) is 32.2 Å². The average molecular weight is 477 g/mol. The third-order valence-corrected chi connectivity index (χ3v) is 8.41. The number of thiazole rings is 1. The molecule has 2 aromatic heterocycles. The van der Waals surface area contributed by atoms with E-state index in [4.69, 9.17) is 13.5 Å². The molecule has 0 N–H and O–H groups in total. The molecular formula is C23H29N2O5PS. The summed E-state index contributed by atoms with van der Waals surface area (Å²) in [5, 5.41) is 1.10. The van der Waals surface area contributed by atoms with Crippen LogP contribution in [0.2, 0.25) is 0 Å². The van der Waals surface area contributed by atoms with Crippen LogP contribution in [0.4, 0.5) is 5.69 Å². The molecule has 0 saturated carbocycles. The fraction of sp³-hybridized carbons (Fsp3) is 0.391. The summed E-state index contributed by atoms with van der Waals surface area (Å²) in [7, 11) is -1.20. The van der Waals surface area contributed by atoms with Crippen LogP contribution in [0.3, 0.4) is 0 Å². The lowest BCUT2D eigenvalue weighted by Gasteiger charge is -2.22. The van der Waals surface area contributed by atoms with Crippen molar-refractivity contribution in [2.45, 2.75) is 34.1 Å². The molecule has 32 heavy (non-hydrogen) atoms. The Kier molecular flexibility index (Phi) is 7.72. The summed E-state index contributed by atoms with van der Waals surface area (Å²) in [6.07, 6.45) is 4.88. The predicted octanol–water partition coefficient (Wildman–Crippen LogP) is 5.61. The molecule has 0 atom stereocenters. The maximum Gasteiger partial charge on any atom is 0.362 e. The SMILES string of the molecule is CC/C=C\c1sc(-c2c(P(=O)(OC)OC)c3ccc(N(CC)CC)cc3oc2=O)nc1C. The summed E-state index contributed by atoms with van der Waals surface area (Å²) in [6.45, 7) is 9.64. The van der Waals surface area contributed by atoms with Gasteiger partial charge >= 0.3 is 13.2 Å². The molecule has 3 rings (SSSR count). The minimum atomic E-state index is -3.81. The van der Waals surface area contributed by atoms with Gasteiger partial charge in [0.2, 0.25) is 0 Å². The molecule has 0 aliphatic carbocycles. The standard InChI is InChI=1S/C23H29N2O5PS/c1-7-10-11-19-15(4)24-22(32-19)20-21(31(27,28-5)29-6)17-13-12-16(25(8-2)9-3)14-18(17)30-23(20)26/h10-14H,7-9H2,1-6H3/b11-10-. The number of fused-ring (bicyclic) bond motifs is 1. The van der Waals surface area contributed by atoms with Gasteiger partial charge in [-0.2, -0.15) is 0 Å². The molecule has 0 amide bonds. The van der Waals surface area contributed by atoms with Gasteiger partial charge in [0.15, 0.2) is 0 Å². The predicted molar refractivity (Wildman–Crippen MR) is 132 cm³/mol. The van der Waals surface area contributed by atoms with E-state index < -0.39 is 13.2 Å². The average Bonchev–Trinajstić information content (AvgIpc) is 3.16. The number of benzene rings is 1. The number of aryl methyl sites for hydroxylation is 1. The highest BCUT2D eigenvalue weighted by molar-refractivity contribution is 7.63. The number of anilines is 1. The zero-order valence-corrected chi connectivity index (χ0v) is 21.0. The molecule has 0 saturated heterocycles. The molecule has 172 valence electrons. The minimum Gasteiger partial charge on any atom is -0.422 e. The van der Waals surface area contributed by atoms with Crippen molar-refractivity contribution in [3.8, 4) is 10.6 Å². The summed E-state index contributed by atoms with van der Waals surface area (Å²) in [5.74, 6) is 0. The molecule has 0 radical (unpaired) electrons. The molecular weight excluding hydrogens is 447 g/mol. The summed E-state index contributed by atoms with van der Waals surface area (Å²) < 4.78 is 30.0. The van der Waals surface area contributed by atoms with E-state index in [9.17, 15) is 9.36 Å². The van der Waals surface area contributed by atoms with E-state index in [2.05, 4.69) is 23.7 Å². The van der Waals surface area contributed by atoms with Crippen LogP contribution in [0.15, 0.2) is 33.5 Å². The molecule has 3 aromatic rings. The summed E-state index contributed by atoms with van der Waals surface area (Å²) >= 11 is 1.34. The number of hydrogen-bond acceptors (Lipinski definition) is 8. The van der Waals surface area contributed by atoms with E-state index in [1.54, 1.807) is 12.1 Å². The normalized spacial score (nSPS) is 12.2. The van der Waals surface area contributed by atoms with Gasteiger partial charge in [0.1, 0.15) is 16.2 Å². The Morgan fingerprint density at radius 3 is 2.47 bits per heavy atom. The van der Waals surface area contributed by atoms with Crippen molar-refractivity contribution in [2.24, 2.45) is 0 Å². The first-order valence-corrected chi connectivity index (χ1v) is 12.9. The van der Waals surface area contributed by atoms with E-state index in [1.165, 1.54) is 25.6 Å². The van der Waals surface area contributed by atoms with Gasteiger partial charge in [-0.05, 0) is 45.4 Å². The third-order valence-electron chi connectivity index (χ3n) is 5.30. The van der Waals surface area contributed by atoms with Gasteiger partial charge in [-0.15, -0.1) is 11.3 Å². The topological polar surface area (TPSA) is 81.9 Å². The van der Waals surface area contributed by atoms with Gasteiger partial charge in [0, 0.05) is 44.4 Å². The number of rotatable bonds is 9. The molecule has 0 aliphatic heterocycles. The van der Waals surface area contributed by atoms with Gasteiger partial charge in [-0.3, -0.25) is 4.57 Å². The fourth-order valence-electron chi connectivity index (χ4n) is 3.58. The van der Waals surface area contributed by atoms with Crippen LogP contribution in [0.5, 0.6) is 0 Å². The van der Waals surface area contributed by atoms with Crippen LogP contribution in [-0.2, 0) is 13.6 Å². The highest BCUT2D eigenvalue weighted by Crippen LogP contribution is 2.49. The Labute approximate surface area is 192 Å². The van der Waals surface area contributed by atoms with Crippen LogP contribution in [-0.4, -0.2) is 32.3 Å². The van der Waals surface area contributed by atoms with Crippen LogP contribution in [0.25, 0.3) is 27.6 Å². The number of aromatic nitrogens is 1. The number of nitrogens with zero attached hydrogens (tertiary/aromatic N) is 2. The Morgan fingerprint density at radius 2 is 1.88 bits per heavy atom. The van der Waals surface area contributed by atoms with Gasteiger partial charge in [-0.25, -0.2) is 9.78 Å². The smallest absolute Gasteiger partial charge is 0.362 e. The molecule has 2 heterocycles. The van der Waals surface area contributed by atoms with Gasteiger partial charge < -0.3 is 18.4 Å². The minimum absolute atomic E-state index is 0.115. The van der Waals surface area contributed by atoms with Crippen molar-refractivity contribution in [3.05, 3.63) is 45.3 Å². The molecule has 0 fully saturated rings. The van der Waals surface area contributed by atoms with Crippen molar-refractivity contribution >= 4 is 47.0 Å². The number of hydrogen-bond donors (Lipinski definition) is 0. The molecule has 0 spiro atoms. The Hall–Kier alpha value is -2.25. The van der Waals surface area contributed by atoms with Crippen LogP contribution in [0, 0.1) is 6.92 Å². The van der Waals surface area contributed by atoms with Gasteiger partial charge in [-0.1, -0.05) is 13.0 Å². The largest absolute Gasteiger partial charge is 0.422 e. The first kappa shape index (κ1) is 24.4. The summed E-state index contributed by atoms with van der Waals surface area (Å²) in [5.41, 5.74) is 1.50. The monoisotopic (exact) mass is 476 g/mol. The van der Waals surface area contributed by atoms with E-state index in [1.807, 2.05) is 32.1 Å². The fourth-order valence-corrected chi connectivity index (χ4v) is 6.16. The molecule has 1 aromatic carbocycles.